The third-order valence-corrected chi connectivity index (χ3v) is 5.17. The summed E-state index contributed by atoms with van der Waals surface area (Å²) in [6, 6.07) is 9.47. The molecular weight excluding hydrogens is 409 g/mol. The first-order valence-corrected chi connectivity index (χ1v) is 10.7. The molecule has 2 rings (SSSR count). The van der Waals surface area contributed by atoms with Crippen LogP contribution in [0, 0.1) is 34.4 Å². The van der Waals surface area contributed by atoms with Crippen LogP contribution in [-0.4, -0.2) is 31.9 Å². The van der Waals surface area contributed by atoms with Gasteiger partial charge >= 0.3 is 5.97 Å². The van der Waals surface area contributed by atoms with E-state index in [0.717, 1.165) is 24.5 Å². The molecule has 0 aliphatic heterocycles. The summed E-state index contributed by atoms with van der Waals surface area (Å²) in [5.74, 6) is 3.44. The molecule has 0 spiro atoms. The predicted molar refractivity (Wildman–Crippen MR) is 108 cm³/mol. The Morgan fingerprint density at radius 1 is 1.13 bits per heavy atom. The molecule has 0 saturated carbocycles. The summed E-state index contributed by atoms with van der Waals surface area (Å²) in [5.41, 5.74) is -0.467. The molecule has 156 valence electrons. The molecule has 1 atom stereocenters. The van der Waals surface area contributed by atoms with Gasteiger partial charge in [-0.05, 0) is 36.4 Å². The number of sulfone groups is 1. The Bertz CT molecular complexity index is 1190. The van der Waals surface area contributed by atoms with Gasteiger partial charge in [-0.15, -0.1) is 0 Å². The summed E-state index contributed by atoms with van der Waals surface area (Å²) in [6.07, 6.45) is -0.200. The molecule has 8 heteroatoms. The van der Waals surface area contributed by atoms with Crippen LogP contribution in [0.3, 0.4) is 0 Å². The van der Waals surface area contributed by atoms with Crippen LogP contribution in [-0.2, 0) is 14.6 Å². The Morgan fingerprint density at radius 3 is 2.30 bits per heavy atom. The van der Waals surface area contributed by atoms with Crippen molar-refractivity contribution in [3.63, 3.8) is 0 Å². The van der Waals surface area contributed by atoms with E-state index in [9.17, 15) is 22.7 Å². The number of aliphatic carboxylic acids is 1. The van der Waals surface area contributed by atoms with Gasteiger partial charge in [0.25, 0.3) is 0 Å². The van der Waals surface area contributed by atoms with Crippen LogP contribution >= 0.6 is 0 Å². The minimum absolute atomic E-state index is 0.0888. The smallest absolute Gasteiger partial charge is 0.345 e. The number of carboxylic acids is 1. The molecule has 6 nitrogen and oxygen atoms in total. The van der Waals surface area contributed by atoms with E-state index < -0.39 is 33.1 Å². The van der Waals surface area contributed by atoms with Crippen LogP contribution in [0.2, 0.25) is 0 Å². The Balaban J connectivity index is 2.57. The van der Waals surface area contributed by atoms with Crippen LogP contribution in [0.5, 0.6) is 5.75 Å². The van der Waals surface area contributed by atoms with Gasteiger partial charge in [0, 0.05) is 11.7 Å². The number of nitrogens with zero attached hydrogens (tertiary/aromatic N) is 1. The third-order valence-electron chi connectivity index (χ3n) is 4.06. The number of carboxylic acid groups (broad SMARTS) is 1. The lowest BCUT2D eigenvalue weighted by atomic mass is 9.89. The number of hydrogen-bond acceptors (Lipinski definition) is 5. The highest BCUT2D eigenvalue weighted by atomic mass is 32.2. The molecule has 0 aliphatic carbocycles. The first-order chi connectivity index (χ1) is 13.8. The largest absolute Gasteiger partial charge is 0.478 e. The maximum Gasteiger partial charge on any atom is 0.345 e. The Morgan fingerprint density at radius 2 is 1.77 bits per heavy atom. The Labute approximate surface area is 174 Å². The maximum atomic E-state index is 14.1. The first kappa shape index (κ1) is 22.9. The summed E-state index contributed by atoms with van der Waals surface area (Å²) in [5, 5.41) is 18.6. The number of nitriles is 1. The van der Waals surface area contributed by atoms with Crippen LogP contribution in [0.4, 0.5) is 4.39 Å². The number of ether oxygens (including phenoxy) is 1. The van der Waals surface area contributed by atoms with E-state index in [4.69, 9.17) is 10.00 Å². The van der Waals surface area contributed by atoms with Crippen LogP contribution in [0.1, 0.15) is 37.5 Å². The summed E-state index contributed by atoms with van der Waals surface area (Å²) in [4.78, 5) is 11.5. The summed E-state index contributed by atoms with van der Waals surface area (Å²) in [7, 11) is -3.55. The van der Waals surface area contributed by atoms with Gasteiger partial charge in [-0.2, -0.15) is 5.26 Å². The molecule has 0 aliphatic rings. The van der Waals surface area contributed by atoms with Crippen molar-refractivity contribution in [3.05, 3.63) is 58.9 Å². The summed E-state index contributed by atoms with van der Waals surface area (Å²) in [6.45, 7) is 5.10. The van der Waals surface area contributed by atoms with E-state index in [0.29, 0.717) is 0 Å². The third kappa shape index (κ3) is 5.59. The molecule has 30 heavy (non-hydrogen) atoms. The van der Waals surface area contributed by atoms with Gasteiger partial charge in [0.15, 0.2) is 15.9 Å². The van der Waals surface area contributed by atoms with Crippen molar-refractivity contribution in [1.29, 1.82) is 5.26 Å². The van der Waals surface area contributed by atoms with Gasteiger partial charge in [-0.3, -0.25) is 0 Å². The van der Waals surface area contributed by atoms with Crippen molar-refractivity contribution in [2.24, 2.45) is 5.41 Å². The van der Waals surface area contributed by atoms with Crippen molar-refractivity contribution >= 4 is 15.8 Å². The molecule has 2 aromatic rings. The molecule has 1 N–H and O–H groups in total. The van der Waals surface area contributed by atoms with Crippen LogP contribution < -0.4 is 4.74 Å². The van der Waals surface area contributed by atoms with Gasteiger partial charge < -0.3 is 9.84 Å². The number of carbonyl (C=O) groups is 1. The van der Waals surface area contributed by atoms with E-state index in [1.807, 2.05) is 6.07 Å². The fraction of sp³-hybridized carbons (Fsp3) is 0.273. The average molecular weight is 429 g/mol. The molecule has 0 aromatic heterocycles. The van der Waals surface area contributed by atoms with Gasteiger partial charge in [0.05, 0.1) is 27.7 Å². The second-order valence-corrected chi connectivity index (χ2v) is 9.70. The molecule has 0 heterocycles. The molecular formula is C22H20FNO5S. The number of hydrogen-bond donors (Lipinski definition) is 1. The monoisotopic (exact) mass is 429 g/mol. The molecule has 0 bridgehead atoms. The zero-order chi connectivity index (χ0) is 22.7. The van der Waals surface area contributed by atoms with Crippen LogP contribution in [0.25, 0.3) is 0 Å². The highest BCUT2D eigenvalue weighted by Gasteiger charge is 2.33. The van der Waals surface area contributed by atoms with Gasteiger partial charge in [0.2, 0.25) is 0 Å². The van der Waals surface area contributed by atoms with Crippen molar-refractivity contribution in [3.8, 4) is 23.7 Å². The standard InChI is InChI=1S/C22H20FNO5S/c1-22(2,3)20(21(25)26)29-19-10-5-14(13-24)11-16(19)7-6-15-12-17(30(4,27)28)8-9-18(15)23/h5,8-12,20H,1-4H3,(H,25,26). The minimum atomic E-state index is -3.55. The molecule has 0 amide bonds. The fourth-order valence-electron chi connectivity index (χ4n) is 2.49. The van der Waals surface area contributed by atoms with Crippen molar-refractivity contribution in [1.82, 2.24) is 0 Å². The zero-order valence-corrected chi connectivity index (χ0v) is 17.7. The number of benzene rings is 2. The minimum Gasteiger partial charge on any atom is -0.478 e. The van der Waals surface area contributed by atoms with E-state index in [1.165, 1.54) is 18.2 Å². The predicted octanol–water partition coefficient (Wildman–Crippen LogP) is 3.38. The summed E-state index contributed by atoms with van der Waals surface area (Å²) >= 11 is 0. The van der Waals surface area contributed by atoms with Crippen LogP contribution in [0.15, 0.2) is 41.3 Å². The lowest BCUT2D eigenvalue weighted by Crippen LogP contribution is -2.39. The second-order valence-electron chi connectivity index (χ2n) is 7.69. The van der Waals surface area contributed by atoms with Gasteiger partial charge in [-0.25, -0.2) is 17.6 Å². The first-order valence-electron chi connectivity index (χ1n) is 8.78. The summed E-state index contributed by atoms with van der Waals surface area (Å²) < 4.78 is 43.2. The zero-order valence-electron chi connectivity index (χ0n) is 16.9. The van der Waals surface area contributed by atoms with E-state index in [-0.39, 0.29) is 27.3 Å². The highest BCUT2D eigenvalue weighted by Crippen LogP contribution is 2.28. The molecule has 0 saturated heterocycles. The lowest BCUT2D eigenvalue weighted by Gasteiger charge is -2.28. The van der Waals surface area contributed by atoms with Gasteiger partial charge in [0.1, 0.15) is 11.6 Å². The van der Waals surface area contributed by atoms with Crippen molar-refractivity contribution in [2.45, 2.75) is 31.8 Å². The Kier molecular flexibility index (Phi) is 6.54. The average Bonchev–Trinajstić information content (AvgIpc) is 2.63. The van der Waals surface area contributed by atoms with E-state index >= 15 is 0 Å². The quantitative estimate of drug-likeness (QED) is 0.590. The lowest BCUT2D eigenvalue weighted by molar-refractivity contribution is -0.150. The number of halogens is 1. The topological polar surface area (TPSA) is 104 Å². The van der Waals surface area contributed by atoms with Gasteiger partial charge in [-0.1, -0.05) is 32.6 Å². The van der Waals surface area contributed by atoms with E-state index in [2.05, 4.69) is 11.8 Å². The molecule has 2 aromatic carbocycles. The maximum absolute atomic E-state index is 14.1. The highest BCUT2D eigenvalue weighted by molar-refractivity contribution is 7.90. The van der Waals surface area contributed by atoms with Crippen molar-refractivity contribution < 1.29 is 27.4 Å². The Hall–Kier alpha value is -3.36. The molecule has 0 radical (unpaired) electrons. The fourth-order valence-corrected chi connectivity index (χ4v) is 3.14. The van der Waals surface area contributed by atoms with Crippen molar-refractivity contribution in [2.75, 3.05) is 6.26 Å². The molecule has 1 unspecified atom stereocenters. The SMILES string of the molecule is CC(C)(C)C(Oc1ccc(C#N)cc1C#Cc1cc(S(C)(=O)=O)ccc1F)C(=O)O. The number of rotatable bonds is 4. The second kappa shape index (κ2) is 8.56. The van der Waals surface area contributed by atoms with E-state index in [1.54, 1.807) is 20.8 Å². The molecule has 0 fully saturated rings. The normalized spacial score (nSPS) is 12.3.